The van der Waals surface area contributed by atoms with Gasteiger partial charge in [-0.3, -0.25) is 0 Å². The average molecular weight is 530 g/mol. The van der Waals surface area contributed by atoms with Crippen LogP contribution in [0.2, 0.25) is 19.6 Å². The van der Waals surface area contributed by atoms with Crippen molar-refractivity contribution in [2.45, 2.75) is 65.7 Å². The Morgan fingerprint density at radius 3 is 2.06 bits per heavy atom. The van der Waals surface area contributed by atoms with E-state index in [4.69, 9.17) is 28.8 Å². The van der Waals surface area contributed by atoms with Gasteiger partial charge in [0.2, 0.25) is 0 Å². The van der Waals surface area contributed by atoms with Crippen LogP contribution in [0.4, 0.5) is 0 Å². The summed E-state index contributed by atoms with van der Waals surface area (Å²) in [5.41, 5.74) is 13.5. The van der Waals surface area contributed by atoms with Gasteiger partial charge in [-0.25, -0.2) is 0 Å². The van der Waals surface area contributed by atoms with Gasteiger partial charge in [0, 0.05) is 6.61 Å². The minimum absolute atomic E-state index is 0. The first-order valence-electron chi connectivity index (χ1n) is 10.4. The largest absolute Gasteiger partial charge is 0.358 e. The first-order chi connectivity index (χ1) is 14.1. The Morgan fingerprint density at radius 1 is 1.12 bits per heavy atom. The molecule has 0 spiro atoms. The summed E-state index contributed by atoms with van der Waals surface area (Å²) >= 11 is -1.64. The molecule has 0 amide bonds. The summed E-state index contributed by atoms with van der Waals surface area (Å²) in [5, 5.41) is 0. The molecular formula is C26H41Cl2NOSiTi-4. The van der Waals surface area contributed by atoms with E-state index in [1.54, 1.807) is 0 Å². The van der Waals surface area contributed by atoms with E-state index in [1.807, 2.05) is 20.8 Å². The molecule has 0 saturated heterocycles. The number of rotatable bonds is 3. The second-order valence-electron chi connectivity index (χ2n) is 9.27. The average Bonchev–Trinajstić information content (AvgIpc) is 2.95. The van der Waals surface area contributed by atoms with Gasteiger partial charge in [0.1, 0.15) is 0 Å². The summed E-state index contributed by atoms with van der Waals surface area (Å²) in [6, 6.07) is 16.4. The summed E-state index contributed by atoms with van der Waals surface area (Å²) in [5.74, 6) is 0. The standard InChI is InChI=1S/C14H11.C6H15OSi.C4H10N.CH3.CH2.2ClH.Ti/c1-10-6-7-14-12(8-10)9-11-4-2-3-5-13(11)14;1-5-6-7-8(2,3)4;1-4(2,3)5;;;;;/h2-7H,9H2,1H3;1,5-6H2,2-4H3;5H,1-3H3;1H3;1H2;2*1H;/q4*-1;;;;+2/p-2. The third kappa shape index (κ3) is 18.2. The molecule has 0 radical (unpaired) electrons. The number of hydrogen-bond donors (Lipinski definition) is 0. The van der Waals surface area contributed by atoms with Gasteiger partial charge in [-0.05, 0) is 26.1 Å². The quantitative estimate of drug-likeness (QED) is 0.246. The molecule has 0 heterocycles. The van der Waals surface area contributed by atoms with Crippen LogP contribution in [-0.4, -0.2) is 25.3 Å². The van der Waals surface area contributed by atoms with Crippen molar-refractivity contribution in [1.29, 1.82) is 0 Å². The molecule has 0 aromatic heterocycles. The van der Waals surface area contributed by atoms with Crippen LogP contribution in [0, 0.1) is 27.3 Å². The molecule has 3 rings (SSSR count). The summed E-state index contributed by atoms with van der Waals surface area (Å²) in [6.45, 7) is 18.7. The Labute approximate surface area is 213 Å². The van der Waals surface area contributed by atoms with Crippen molar-refractivity contribution in [1.82, 2.24) is 0 Å². The van der Waals surface area contributed by atoms with Crippen LogP contribution >= 0.6 is 18.6 Å². The van der Waals surface area contributed by atoms with Gasteiger partial charge < -0.3 is 24.5 Å². The monoisotopic (exact) mass is 529 g/mol. The minimum Gasteiger partial charge on any atom is -0.358 e. The fourth-order valence-corrected chi connectivity index (χ4v) is 3.31. The van der Waals surface area contributed by atoms with Gasteiger partial charge in [-0.1, -0.05) is 63.1 Å². The zero-order valence-electron chi connectivity index (χ0n) is 21.2. The molecule has 0 bridgehead atoms. The number of fused-ring (bicyclic) bond motifs is 3. The molecule has 2 aromatic carbocycles. The van der Waals surface area contributed by atoms with Crippen LogP contribution in [0.5, 0.6) is 0 Å². The zero-order chi connectivity index (χ0) is 24.2. The first kappa shape index (κ1) is 33.9. The summed E-state index contributed by atoms with van der Waals surface area (Å²) in [7, 11) is 8.97. The number of nitrogens with one attached hydrogen (secondary N) is 1. The predicted molar refractivity (Wildman–Crippen MR) is 147 cm³/mol. The fourth-order valence-electron chi connectivity index (χ4n) is 2.55. The van der Waals surface area contributed by atoms with Gasteiger partial charge in [0.15, 0.2) is 8.32 Å². The van der Waals surface area contributed by atoms with Crippen molar-refractivity contribution < 1.29 is 19.7 Å². The summed E-state index contributed by atoms with van der Waals surface area (Å²) in [6.07, 6.45) is 1.94. The molecule has 2 nitrogen and oxygen atoms in total. The maximum Gasteiger partial charge on any atom is -0.358 e. The van der Waals surface area contributed by atoms with E-state index in [9.17, 15) is 0 Å². The van der Waals surface area contributed by atoms with Crippen LogP contribution in [0.25, 0.3) is 16.9 Å². The van der Waals surface area contributed by atoms with Crippen molar-refractivity contribution in [3.63, 3.8) is 0 Å². The molecule has 0 saturated carbocycles. The Bertz CT molecular complexity index is 804. The van der Waals surface area contributed by atoms with Crippen molar-refractivity contribution in [3.05, 3.63) is 79.2 Å². The maximum absolute atomic E-state index is 6.94. The van der Waals surface area contributed by atoms with Crippen molar-refractivity contribution in [2.75, 3.05) is 6.61 Å². The number of hydrogen-bond acceptors (Lipinski definition) is 1. The normalized spacial score (nSPS) is 11.1. The molecule has 182 valence electrons. The van der Waals surface area contributed by atoms with Crippen molar-refractivity contribution >= 4 is 31.7 Å². The minimum atomic E-state index is -1.64. The zero-order valence-corrected chi connectivity index (χ0v) is 25.2. The molecule has 0 aliphatic heterocycles. The molecule has 0 atom stereocenters. The van der Waals surface area contributed by atoms with Crippen LogP contribution in [-0.2, 0) is 26.1 Å². The van der Waals surface area contributed by atoms with Gasteiger partial charge in [0.25, 0.3) is 0 Å². The number of aryl methyl sites for hydroxylation is 1. The van der Waals surface area contributed by atoms with E-state index in [2.05, 4.69) is 80.8 Å². The molecule has 1 N–H and O–H groups in total. The number of benzene rings is 2. The SMILES string of the molecule is CC(C)(C)[NH-].Cc1[c-]c2c(cc1)-c1ccccc1C2.[CH2-]CCO[Si](C)(C)C.[CH2]=[Ti]([Cl])[Cl].[CH3-]. The van der Waals surface area contributed by atoms with E-state index in [0.29, 0.717) is 0 Å². The molecule has 1 aliphatic carbocycles. The van der Waals surface area contributed by atoms with E-state index in [1.165, 1.54) is 27.8 Å². The summed E-state index contributed by atoms with van der Waals surface area (Å²) < 4.78 is 5.45. The molecule has 6 heteroatoms. The van der Waals surface area contributed by atoms with Crippen LogP contribution in [0.3, 0.4) is 0 Å². The Hall–Kier alpha value is -0.259. The molecular weight excluding hydrogens is 489 g/mol. The van der Waals surface area contributed by atoms with E-state index < -0.39 is 23.6 Å². The third-order valence-corrected chi connectivity index (χ3v) is 4.60. The second-order valence-corrected chi connectivity index (χ2v) is 19.4. The van der Waals surface area contributed by atoms with Crippen molar-refractivity contribution in [3.8, 4) is 11.1 Å². The Morgan fingerprint density at radius 2 is 1.62 bits per heavy atom. The van der Waals surface area contributed by atoms with Crippen LogP contribution in [0.1, 0.15) is 43.9 Å². The smallest absolute Gasteiger partial charge is 0.358 e. The van der Waals surface area contributed by atoms with E-state index in [-0.39, 0.29) is 13.0 Å². The Kier molecular flexibility index (Phi) is 17.4. The van der Waals surface area contributed by atoms with Gasteiger partial charge >= 0.3 is 38.7 Å². The number of halogens is 2. The van der Waals surface area contributed by atoms with Crippen LogP contribution < -0.4 is 0 Å². The molecule has 0 unspecified atom stereocenters. The molecule has 1 aliphatic rings. The summed E-state index contributed by atoms with van der Waals surface area (Å²) in [4.78, 5) is 3.34. The van der Waals surface area contributed by atoms with Gasteiger partial charge in [0.05, 0.1) is 0 Å². The van der Waals surface area contributed by atoms with E-state index >= 15 is 0 Å². The first-order valence-corrected chi connectivity index (χ1v) is 19.2. The van der Waals surface area contributed by atoms with Gasteiger partial charge in [-0.2, -0.15) is 30.2 Å². The molecule has 2 aromatic rings. The maximum atomic E-state index is 6.94. The Balaban J connectivity index is 0. The van der Waals surface area contributed by atoms with Gasteiger partial charge in [-0.15, -0.1) is 16.7 Å². The second kappa shape index (κ2) is 16.4. The molecule has 0 fully saturated rings. The predicted octanol–water partition coefficient (Wildman–Crippen LogP) is 9.06. The third-order valence-electron chi connectivity index (χ3n) is 3.53. The van der Waals surface area contributed by atoms with E-state index in [0.717, 1.165) is 19.4 Å². The van der Waals surface area contributed by atoms with Crippen LogP contribution in [0.15, 0.2) is 36.4 Å². The fraction of sp³-hybridized carbons (Fsp3) is 0.423. The molecule has 32 heavy (non-hydrogen) atoms. The van der Waals surface area contributed by atoms with Crippen molar-refractivity contribution in [2.24, 2.45) is 0 Å². The topological polar surface area (TPSA) is 33.0 Å².